The summed E-state index contributed by atoms with van der Waals surface area (Å²) in [5.74, 6) is 1.58. The van der Waals surface area contributed by atoms with Crippen LogP contribution in [0, 0.1) is 13.8 Å². The van der Waals surface area contributed by atoms with Gasteiger partial charge in [-0.1, -0.05) is 41.6 Å². The van der Waals surface area contributed by atoms with Gasteiger partial charge in [0.15, 0.2) is 4.34 Å². The number of aromatic nitrogens is 2. The predicted molar refractivity (Wildman–Crippen MR) is 108 cm³/mol. The van der Waals surface area contributed by atoms with Crippen molar-refractivity contribution in [3.8, 4) is 5.75 Å². The summed E-state index contributed by atoms with van der Waals surface area (Å²) >= 11 is 12.7. The lowest BCUT2D eigenvalue weighted by Gasteiger charge is -2.13. The molecule has 9 heteroatoms. The van der Waals surface area contributed by atoms with E-state index in [1.807, 2.05) is 26.8 Å². The highest BCUT2D eigenvalue weighted by Gasteiger charge is 2.12. The highest BCUT2D eigenvalue weighted by atomic mass is 79.9. The molecule has 0 radical (unpaired) electrons. The number of nitrogens with one attached hydrogen (secondary N) is 1. The molecule has 0 aliphatic rings. The molecule has 1 heterocycles. The van der Waals surface area contributed by atoms with Gasteiger partial charge < -0.3 is 10.1 Å². The Balaban J connectivity index is 1.78. The Hall–Kier alpha value is -0.830. The van der Waals surface area contributed by atoms with Gasteiger partial charge in [0.25, 0.3) is 0 Å². The second-order valence-corrected chi connectivity index (χ2v) is 8.91. The first-order valence-electron chi connectivity index (χ1n) is 7.76. The first kappa shape index (κ1) is 20.5. The molecule has 5 nitrogen and oxygen atoms in total. The normalized spacial score (nSPS) is 10.8. The van der Waals surface area contributed by atoms with E-state index < -0.39 is 0 Å². The predicted octanol–water partition coefficient (Wildman–Crippen LogP) is 5.48. The van der Waals surface area contributed by atoms with Crippen LogP contribution < -0.4 is 10.1 Å². The molecule has 25 heavy (non-hydrogen) atoms. The van der Waals surface area contributed by atoms with Crippen LogP contribution in [0.3, 0.4) is 0 Å². The number of aryl methyl sites for hydroxylation is 1. The number of carbonyl (C=O) groups excluding carboxylic acids is 1. The molecule has 0 unspecified atom stereocenters. The molecule has 0 saturated heterocycles. The van der Waals surface area contributed by atoms with E-state index in [9.17, 15) is 4.79 Å². The Morgan fingerprint density at radius 3 is 2.92 bits per heavy atom. The molecule has 1 aromatic heterocycles. The van der Waals surface area contributed by atoms with Crippen LogP contribution in [0.2, 0.25) is 5.02 Å². The molecule has 0 aliphatic carbocycles. The third-order valence-electron chi connectivity index (χ3n) is 3.29. The van der Waals surface area contributed by atoms with E-state index in [1.54, 1.807) is 11.8 Å². The summed E-state index contributed by atoms with van der Waals surface area (Å²) in [6, 6.07) is 1.90. The number of nitrogens with zero attached hydrogens (tertiary/aromatic N) is 2. The SMILES string of the molecule is CCSc1nnc(NC(=O)CCCOc2cc(C)c(Cl)c(C)c2Br)s1. The summed E-state index contributed by atoms with van der Waals surface area (Å²) in [6.07, 6.45) is 0.966. The molecule has 0 bridgehead atoms. The number of halogens is 2. The van der Waals surface area contributed by atoms with Crippen molar-refractivity contribution >= 4 is 61.7 Å². The fourth-order valence-electron chi connectivity index (χ4n) is 2.04. The van der Waals surface area contributed by atoms with Crippen molar-refractivity contribution < 1.29 is 9.53 Å². The molecular formula is C16H19BrClN3O2S2. The molecule has 0 fully saturated rings. The molecule has 1 N–H and O–H groups in total. The minimum atomic E-state index is -0.0877. The van der Waals surface area contributed by atoms with Gasteiger partial charge in [0.2, 0.25) is 11.0 Å². The first-order chi connectivity index (χ1) is 11.9. The maximum Gasteiger partial charge on any atom is 0.226 e. The van der Waals surface area contributed by atoms with Crippen LogP contribution in [0.25, 0.3) is 0 Å². The van der Waals surface area contributed by atoms with Gasteiger partial charge in [-0.15, -0.1) is 10.2 Å². The number of benzene rings is 1. The third-order valence-corrected chi connectivity index (χ3v) is 6.72. The zero-order valence-electron chi connectivity index (χ0n) is 14.2. The van der Waals surface area contributed by atoms with E-state index >= 15 is 0 Å². The lowest BCUT2D eigenvalue weighted by Crippen LogP contribution is -2.12. The smallest absolute Gasteiger partial charge is 0.226 e. The summed E-state index contributed by atoms with van der Waals surface area (Å²) in [5.41, 5.74) is 1.92. The number of anilines is 1. The molecule has 2 rings (SSSR count). The van der Waals surface area contributed by atoms with Crippen molar-refractivity contribution in [2.24, 2.45) is 0 Å². The summed E-state index contributed by atoms with van der Waals surface area (Å²) in [6.45, 7) is 6.37. The van der Waals surface area contributed by atoms with E-state index in [0.29, 0.717) is 24.6 Å². The average molecular weight is 465 g/mol. The van der Waals surface area contributed by atoms with Gasteiger partial charge in [-0.25, -0.2) is 0 Å². The van der Waals surface area contributed by atoms with Gasteiger partial charge in [0, 0.05) is 11.4 Å². The zero-order valence-corrected chi connectivity index (χ0v) is 18.2. The summed E-state index contributed by atoms with van der Waals surface area (Å²) in [5, 5.41) is 12.0. The van der Waals surface area contributed by atoms with Crippen LogP contribution in [0.1, 0.15) is 30.9 Å². The number of rotatable bonds is 8. The van der Waals surface area contributed by atoms with Gasteiger partial charge in [0.05, 0.1) is 11.1 Å². The number of ether oxygens (including phenoxy) is 1. The molecule has 136 valence electrons. The molecule has 1 amide bonds. The lowest BCUT2D eigenvalue weighted by atomic mass is 10.1. The second kappa shape index (κ2) is 9.75. The van der Waals surface area contributed by atoms with Crippen molar-refractivity contribution in [3.63, 3.8) is 0 Å². The summed E-state index contributed by atoms with van der Waals surface area (Å²) in [4.78, 5) is 11.9. The molecule has 0 saturated carbocycles. The first-order valence-corrected chi connectivity index (χ1v) is 10.7. The topological polar surface area (TPSA) is 64.1 Å². The van der Waals surface area contributed by atoms with E-state index in [-0.39, 0.29) is 5.91 Å². The number of carbonyl (C=O) groups is 1. The average Bonchev–Trinajstić information content (AvgIpc) is 3.01. The van der Waals surface area contributed by atoms with Crippen molar-refractivity contribution in [1.82, 2.24) is 10.2 Å². The van der Waals surface area contributed by atoms with E-state index in [1.165, 1.54) is 11.3 Å². The highest BCUT2D eigenvalue weighted by molar-refractivity contribution is 9.10. The molecule has 0 spiro atoms. The highest BCUT2D eigenvalue weighted by Crippen LogP contribution is 2.35. The summed E-state index contributed by atoms with van der Waals surface area (Å²) in [7, 11) is 0. The minimum Gasteiger partial charge on any atom is -0.492 e. The Morgan fingerprint density at radius 1 is 1.44 bits per heavy atom. The Morgan fingerprint density at radius 2 is 2.20 bits per heavy atom. The zero-order chi connectivity index (χ0) is 18.4. The molecule has 0 aliphatic heterocycles. The summed E-state index contributed by atoms with van der Waals surface area (Å²) < 4.78 is 7.49. The van der Waals surface area contributed by atoms with Crippen LogP contribution >= 0.6 is 50.6 Å². The molecule has 1 aromatic carbocycles. The third kappa shape index (κ3) is 5.84. The number of hydrogen-bond donors (Lipinski definition) is 1. The molecule has 0 atom stereocenters. The Kier molecular flexibility index (Phi) is 7.99. The number of hydrogen-bond acceptors (Lipinski definition) is 6. The van der Waals surface area contributed by atoms with Crippen LogP contribution in [0.5, 0.6) is 5.75 Å². The fourth-order valence-corrected chi connectivity index (χ4v) is 4.40. The van der Waals surface area contributed by atoms with Crippen molar-refractivity contribution in [1.29, 1.82) is 0 Å². The van der Waals surface area contributed by atoms with Crippen LogP contribution in [0.15, 0.2) is 14.9 Å². The Bertz CT molecular complexity index is 755. The second-order valence-electron chi connectivity index (χ2n) is 5.25. The molecule has 2 aromatic rings. The lowest BCUT2D eigenvalue weighted by molar-refractivity contribution is -0.116. The van der Waals surface area contributed by atoms with Crippen molar-refractivity contribution in [3.05, 3.63) is 26.7 Å². The van der Waals surface area contributed by atoms with Gasteiger partial charge in [-0.3, -0.25) is 4.79 Å². The largest absolute Gasteiger partial charge is 0.492 e. The van der Waals surface area contributed by atoms with E-state index in [2.05, 4.69) is 31.4 Å². The van der Waals surface area contributed by atoms with Crippen molar-refractivity contribution in [2.75, 3.05) is 17.7 Å². The molecular weight excluding hydrogens is 446 g/mol. The maximum absolute atomic E-state index is 11.9. The van der Waals surface area contributed by atoms with Gasteiger partial charge in [-0.2, -0.15) is 0 Å². The standard InChI is InChI=1S/C16H19BrClN3O2S2/c1-4-24-16-21-20-15(25-16)19-12(22)6-5-7-23-11-8-9(2)14(18)10(3)13(11)17/h8H,4-7H2,1-3H3,(H,19,20,22). The van der Waals surface area contributed by atoms with Gasteiger partial charge >= 0.3 is 0 Å². The number of thioether (sulfide) groups is 1. The van der Waals surface area contributed by atoms with E-state index in [4.69, 9.17) is 16.3 Å². The fraction of sp³-hybridized carbons (Fsp3) is 0.438. The monoisotopic (exact) mass is 463 g/mol. The van der Waals surface area contributed by atoms with Crippen molar-refractivity contribution in [2.45, 2.75) is 38.0 Å². The quantitative estimate of drug-likeness (QED) is 0.318. The number of amides is 1. The Labute approximate surface area is 169 Å². The van der Waals surface area contributed by atoms with E-state index in [0.717, 1.165) is 36.5 Å². The van der Waals surface area contributed by atoms with Gasteiger partial charge in [-0.05, 0) is 59.1 Å². The minimum absolute atomic E-state index is 0.0877. The van der Waals surface area contributed by atoms with Gasteiger partial charge in [0.1, 0.15) is 5.75 Å². The van der Waals surface area contributed by atoms with Crippen LogP contribution in [-0.2, 0) is 4.79 Å². The van der Waals surface area contributed by atoms with Crippen LogP contribution in [0.4, 0.5) is 5.13 Å². The van der Waals surface area contributed by atoms with Crippen LogP contribution in [-0.4, -0.2) is 28.5 Å². The maximum atomic E-state index is 11.9.